The van der Waals surface area contributed by atoms with Crippen LogP contribution < -0.4 is 0 Å². The molecule has 0 aromatic carbocycles. The van der Waals surface area contributed by atoms with Gasteiger partial charge in [0, 0.05) is 0 Å². The summed E-state index contributed by atoms with van der Waals surface area (Å²) in [6.45, 7) is 4.78. The van der Waals surface area contributed by atoms with E-state index in [1.165, 1.54) is 134 Å². The van der Waals surface area contributed by atoms with Crippen LogP contribution in [-0.4, -0.2) is 17.7 Å². The molecule has 0 aliphatic heterocycles. The van der Waals surface area contributed by atoms with E-state index in [4.69, 9.17) is 0 Å². The van der Waals surface area contributed by atoms with Gasteiger partial charge in [-0.25, -0.2) is 0 Å². The second-order valence-electron chi connectivity index (χ2n) is 8.69. The summed E-state index contributed by atoms with van der Waals surface area (Å²) in [6, 6.07) is 0. The monoisotopic (exact) mass is 344 g/mol. The van der Waals surface area contributed by atoms with Gasteiger partial charge in [-0.15, -0.1) is 0 Å². The van der Waals surface area contributed by atoms with Crippen LogP contribution in [0, 0.1) is 5.92 Å². The summed E-state index contributed by atoms with van der Waals surface area (Å²) >= 11 is 2.30. The molecule has 0 aliphatic rings. The molecule has 0 saturated heterocycles. The predicted molar refractivity (Wildman–Crippen MR) is 118 cm³/mol. The van der Waals surface area contributed by atoms with Crippen molar-refractivity contribution < 1.29 is 0 Å². The Labute approximate surface area is 170 Å². The molecule has 0 heterocycles. The molecule has 0 aromatic rings. The summed E-state index contributed by atoms with van der Waals surface area (Å²) < 4.78 is 0. The minimum absolute atomic E-state index is 0.971. The molecule has 0 fully saturated rings. The van der Waals surface area contributed by atoms with E-state index in [-0.39, 0.29) is 0 Å². The Balaban J connectivity index is 3.08. The van der Waals surface area contributed by atoms with Gasteiger partial charge >= 0.3 is 99.9 Å². The average Bonchev–Trinajstić information content (AvgIpc) is 2.62. The van der Waals surface area contributed by atoms with E-state index in [9.17, 15) is 0 Å². The first-order valence-corrected chi connectivity index (χ1v) is 12.3. The molecule has 1 heteroatoms. The van der Waals surface area contributed by atoms with Crippen LogP contribution in [0.5, 0.6) is 0 Å². The van der Waals surface area contributed by atoms with Crippen molar-refractivity contribution in [2.45, 2.75) is 147 Å². The third kappa shape index (κ3) is 22.6. The summed E-state index contributed by atoms with van der Waals surface area (Å²) in [7, 11) is 0. The van der Waals surface area contributed by atoms with E-state index in [0.717, 1.165) is 5.92 Å². The predicted octanol–water partition coefficient (Wildman–Crippen LogP) is 9.03. The van der Waals surface area contributed by atoms with E-state index in [1.807, 2.05) is 0 Å². The standard InChI is InChI=1S/C24H49.Li/c1-4-6-8-10-11-12-13-14-15-16-17-18-19-21-23-24(3)22-20-9-7-5-2;/h24H,2,4-23H2,1,3H3;. The molecule has 25 heavy (non-hydrogen) atoms. The van der Waals surface area contributed by atoms with Gasteiger partial charge in [-0.05, 0) is 0 Å². The molecule has 1 atom stereocenters. The molecule has 0 aromatic heterocycles. The molecule has 0 saturated carbocycles. The van der Waals surface area contributed by atoms with Crippen LogP contribution in [0.25, 0.3) is 0 Å². The topological polar surface area (TPSA) is 0 Å². The van der Waals surface area contributed by atoms with Gasteiger partial charge < -0.3 is 0 Å². The van der Waals surface area contributed by atoms with Gasteiger partial charge in [-0.3, -0.25) is 0 Å². The molecular formula is C24H49Li. The molecule has 0 aliphatic carbocycles. The molecule has 0 N–H and O–H groups in total. The molecule has 0 spiro atoms. The second-order valence-corrected chi connectivity index (χ2v) is 8.69. The number of rotatable bonds is 21. The maximum atomic E-state index is 2.47. The fourth-order valence-electron chi connectivity index (χ4n) is 3.93. The fraction of sp³-hybridized carbons (Fsp3) is 1.00. The molecule has 1 unspecified atom stereocenters. The van der Waals surface area contributed by atoms with Crippen molar-refractivity contribution in [3.63, 3.8) is 0 Å². The van der Waals surface area contributed by atoms with E-state index in [2.05, 4.69) is 31.6 Å². The third-order valence-corrected chi connectivity index (χ3v) is 5.85. The van der Waals surface area contributed by atoms with Gasteiger partial charge in [-0.2, -0.15) is 0 Å². The van der Waals surface area contributed by atoms with Gasteiger partial charge in [-0.1, -0.05) is 71.1 Å². The zero-order valence-electron chi connectivity index (χ0n) is 18.4. The first kappa shape index (κ1) is 25.6. The second kappa shape index (κ2) is 22.6. The van der Waals surface area contributed by atoms with Gasteiger partial charge in [0.05, 0.1) is 0 Å². The first-order chi connectivity index (χ1) is 12.3. The summed E-state index contributed by atoms with van der Waals surface area (Å²) in [5.41, 5.74) is 0. The molecule has 146 valence electrons. The van der Waals surface area contributed by atoms with Gasteiger partial charge in [0.15, 0.2) is 0 Å². The normalized spacial score (nSPS) is 12.6. The SMILES string of the molecule is [Li][CH2]CCCCCC(C)CCCCCCCCCCCCCCCC. The van der Waals surface area contributed by atoms with Crippen LogP contribution >= 0.6 is 0 Å². The number of unbranched alkanes of at least 4 members (excludes halogenated alkanes) is 16. The zero-order valence-corrected chi connectivity index (χ0v) is 18.4. The minimum atomic E-state index is 0.971. The quantitative estimate of drug-likeness (QED) is 0.144. The summed E-state index contributed by atoms with van der Waals surface area (Å²) in [4.78, 5) is 0. The van der Waals surface area contributed by atoms with Gasteiger partial charge in [0.1, 0.15) is 0 Å². The molecular weight excluding hydrogens is 295 g/mol. The smallest absolute Gasteiger partial charge is 0.0654 e. The minimum Gasteiger partial charge on any atom is -0.0654 e. The van der Waals surface area contributed by atoms with Crippen LogP contribution in [0.15, 0.2) is 0 Å². The fourth-order valence-corrected chi connectivity index (χ4v) is 3.93. The first-order valence-electron chi connectivity index (χ1n) is 12.3. The van der Waals surface area contributed by atoms with Crippen molar-refractivity contribution in [3.05, 3.63) is 0 Å². The van der Waals surface area contributed by atoms with Crippen LogP contribution in [0.2, 0.25) is 5.09 Å². The Morgan fingerprint density at radius 2 is 0.800 bits per heavy atom. The van der Waals surface area contributed by atoms with Crippen molar-refractivity contribution in [3.8, 4) is 0 Å². The summed E-state index contributed by atoms with van der Waals surface area (Å²) in [6.07, 6.45) is 29.4. The maximum absolute atomic E-state index is 2.47. The van der Waals surface area contributed by atoms with Gasteiger partial charge in [0.25, 0.3) is 0 Å². The Morgan fingerprint density at radius 3 is 1.16 bits per heavy atom. The molecule has 0 nitrogen and oxygen atoms in total. The number of hydrogen-bond donors (Lipinski definition) is 0. The molecule has 0 rings (SSSR count). The van der Waals surface area contributed by atoms with Crippen molar-refractivity contribution in [1.82, 2.24) is 0 Å². The van der Waals surface area contributed by atoms with Crippen LogP contribution in [0.3, 0.4) is 0 Å². The summed E-state index contributed by atoms with van der Waals surface area (Å²) in [5.74, 6) is 0.971. The Kier molecular flexibility index (Phi) is 23.2. The van der Waals surface area contributed by atoms with Crippen molar-refractivity contribution in [1.29, 1.82) is 0 Å². The van der Waals surface area contributed by atoms with Crippen LogP contribution in [0.4, 0.5) is 0 Å². The third-order valence-electron chi connectivity index (χ3n) is 5.85. The van der Waals surface area contributed by atoms with E-state index in [1.54, 1.807) is 0 Å². The molecule has 0 bridgehead atoms. The Morgan fingerprint density at radius 1 is 0.480 bits per heavy atom. The average molecular weight is 345 g/mol. The van der Waals surface area contributed by atoms with Gasteiger partial charge in [0.2, 0.25) is 0 Å². The van der Waals surface area contributed by atoms with Crippen LogP contribution in [-0.2, 0) is 0 Å². The molecule has 0 radical (unpaired) electrons. The van der Waals surface area contributed by atoms with E-state index >= 15 is 0 Å². The number of hydrogen-bond acceptors (Lipinski definition) is 0. The van der Waals surface area contributed by atoms with E-state index < -0.39 is 0 Å². The van der Waals surface area contributed by atoms with Crippen LogP contribution in [0.1, 0.15) is 142 Å². The summed E-state index contributed by atoms with van der Waals surface area (Å²) in [5, 5.41) is 1.37. The Hall–Kier alpha value is 0.597. The van der Waals surface area contributed by atoms with Crippen molar-refractivity contribution in [2.24, 2.45) is 5.92 Å². The van der Waals surface area contributed by atoms with E-state index in [0.29, 0.717) is 0 Å². The van der Waals surface area contributed by atoms with Crippen molar-refractivity contribution >= 4 is 17.7 Å². The Bertz CT molecular complexity index is 226. The zero-order chi connectivity index (χ0) is 18.4. The molecule has 0 amide bonds. The van der Waals surface area contributed by atoms with Crippen molar-refractivity contribution in [2.75, 3.05) is 0 Å².